The second-order valence-electron chi connectivity index (χ2n) is 6.57. The predicted molar refractivity (Wildman–Crippen MR) is 108 cm³/mol. The van der Waals surface area contributed by atoms with Crippen LogP contribution in [0.25, 0.3) is 0 Å². The third kappa shape index (κ3) is 5.92. The largest absolute Gasteiger partial charge is 0.499 e. The van der Waals surface area contributed by atoms with Crippen LogP contribution in [0.3, 0.4) is 0 Å². The quantitative estimate of drug-likeness (QED) is 0.484. The normalized spacial score (nSPS) is 16.4. The van der Waals surface area contributed by atoms with E-state index in [9.17, 15) is 0 Å². The molecule has 3 rings (SSSR count). The van der Waals surface area contributed by atoms with Crippen LogP contribution in [0, 0.1) is 13.8 Å². The molecule has 1 atom stereocenters. The molecule has 1 aromatic heterocycles. The summed E-state index contributed by atoms with van der Waals surface area (Å²) < 4.78 is 13.1. The van der Waals surface area contributed by atoms with Crippen molar-refractivity contribution >= 4 is 11.9 Å². The average Bonchev–Trinajstić information content (AvgIpc) is 2.99. The number of hydrogen-bond donors (Lipinski definition) is 0. The Kier molecular flexibility index (Phi) is 7.79. The topological polar surface area (TPSA) is 38.5 Å². The molecule has 0 aliphatic carbocycles. The van der Waals surface area contributed by atoms with Crippen LogP contribution in [-0.4, -0.2) is 22.4 Å². The van der Waals surface area contributed by atoms with Crippen molar-refractivity contribution in [3.8, 4) is 0 Å². The summed E-state index contributed by atoms with van der Waals surface area (Å²) in [5.41, 5.74) is 2.43. The van der Waals surface area contributed by atoms with Crippen LogP contribution in [0.4, 0.5) is 0 Å². The van der Waals surface area contributed by atoms with Gasteiger partial charge >= 0.3 is 0 Å². The molecule has 0 bridgehead atoms. The number of oxazole rings is 1. The van der Waals surface area contributed by atoms with Gasteiger partial charge in [0.05, 0.1) is 24.1 Å². The maximum atomic E-state index is 5.74. The van der Waals surface area contributed by atoms with Gasteiger partial charge in [-0.2, -0.15) is 0 Å². The third-order valence-electron chi connectivity index (χ3n) is 4.01. The molecule has 0 radical (unpaired) electrons. The Morgan fingerprint density at radius 1 is 1.35 bits per heavy atom. The molecule has 5 heteroatoms. The van der Waals surface area contributed by atoms with Crippen molar-refractivity contribution in [2.75, 3.05) is 13.2 Å². The van der Waals surface area contributed by atoms with E-state index in [2.05, 4.69) is 60.9 Å². The molecule has 2 heterocycles. The smallest absolute Gasteiger partial charge is 0.191 e. The lowest BCUT2D eigenvalue weighted by Crippen LogP contribution is -2.27. The molecular formula is C21H30N2O2S. The van der Waals surface area contributed by atoms with Crippen molar-refractivity contribution in [2.24, 2.45) is 0 Å². The van der Waals surface area contributed by atoms with Gasteiger partial charge in [-0.25, -0.2) is 9.29 Å². The van der Waals surface area contributed by atoms with E-state index >= 15 is 0 Å². The fourth-order valence-electron chi connectivity index (χ4n) is 2.67. The number of fused-ring (bicyclic) bond motifs is 1. The molecule has 2 aromatic rings. The molecule has 0 amide bonds. The zero-order valence-electron chi connectivity index (χ0n) is 16.5. The highest BCUT2D eigenvalue weighted by atomic mass is 32.2. The number of rotatable bonds is 5. The lowest BCUT2D eigenvalue weighted by atomic mass is 10.1. The Balaban J connectivity index is 0.000000298. The highest BCUT2D eigenvalue weighted by Gasteiger charge is 2.29. The highest BCUT2D eigenvalue weighted by molar-refractivity contribution is 7.97. The number of allylic oxidation sites excluding steroid dienone is 1. The second kappa shape index (κ2) is 9.83. The molecule has 1 aliphatic heterocycles. The Labute approximate surface area is 161 Å². The van der Waals surface area contributed by atoms with Gasteiger partial charge in [0.25, 0.3) is 0 Å². The summed E-state index contributed by atoms with van der Waals surface area (Å²) in [5.74, 6) is 2.62. The second-order valence-corrected chi connectivity index (χ2v) is 7.69. The highest BCUT2D eigenvalue weighted by Crippen LogP contribution is 2.37. The first-order valence-corrected chi connectivity index (χ1v) is 9.93. The summed E-state index contributed by atoms with van der Waals surface area (Å²) in [5, 5.41) is 0. The monoisotopic (exact) mass is 374 g/mol. The lowest BCUT2D eigenvalue weighted by molar-refractivity contribution is 0.216. The molecule has 0 N–H and O–H groups in total. The Bertz CT molecular complexity index is 709. The average molecular weight is 375 g/mol. The van der Waals surface area contributed by atoms with Crippen LogP contribution in [0.5, 0.6) is 0 Å². The van der Waals surface area contributed by atoms with Crippen LogP contribution in [0.2, 0.25) is 0 Å². The number of nitrogens with zero attached hydrogens (tertiary/aromatic N) is 2. The number of ether oxygens (including phenoxy) is 1. The van der Waals surface area contributed by atoms with Crippen LogP contribution >= 0.6 is 11.9 Å². The van der Waals surface area contributed by atoms with E-state index < -0.39 is 0 Å². The van der Waals surface area contributed by atoms with E-state index in [1.165, 1.54) is 10.5 Å². The standard InChI is InChI=1S/C15H18N2OS.C6H12O/c1-10-4-6-13(7-5-10)19-17-9-8-14-15(11(17)2)18-12(3)16-14;1-4-5-7-6(2)3/h4-7,11H,8-9H2,1-3H3;2,4-5H2,1,3H3. The first kappa shape index (κ1) is 20.6. The zero-order chi connectivity index (χ0) is 19.1. The number of aromatic nitrogens is 1. The van der Waals surface area contributed by atoms with E-state index in [4.69, 9.17) is 9.15 Å². The van der Waals surface area contributed by atoms with E-state index in [1.54, 1.807) is 11.9 Å². The molecule has 0 saturated heterocycles. The van der Waals surface area contributed by atoms with Crippen molar-refractivity contribution in [3.63, 3.8) is 0 Å². The molecular weight excluding hydrogens is 344 g/mol. The Morgan fingerprint density at radius 2 is 2.04 bits per heavy atom. The van der Waals surface area contributed by atoms with Gasteiger partial charge in [-0.3, -0.25) is 0 Å². The molecule has 1 aromatic carbocycles. The summed E-state index contributed by atoms with van der Waals surface area (Å²) >= 11 is 1.80. The summed E-state index contributed by atoms with van der Waals surface area (Å²) in [6.07, 6.45) is 2.03. The van der Waals surface area contributed by atoms with Gasteiger partial charge in [-0.15, -0.1) is 0 Å². The lowest BCUT2D eigenvalue weighted by Gasteiger charge is -2.30. The van der Waals surface area contributed by atoms with E-state index in [0.717, 1.165) is 49.1 Å². The van der Waals surface area contributed by atoms with E-state index in [0.29, 0.717) is 0 Å². The van der Waals surface area contributed by atoms with Gasteiger partial charge in [0.1, 0.15) is 5.76 Å². The van der Waals surface area contributed by atoms with E-state index in [1.807, 2.05) is 13.8 Å². The predicted octanol–water partition coefficient (Wildman–Crippen LogP) is 5.86. The van der Waals surface area contributed by atoms with E-state index in [-0.39, 0.29) is 6.04 Å². The maximum Gasteiger partial charge on any atom is 0.191 e. The van der Waals surface area contributed by atoms with Gasteiger partial charge < -0.3 is 9.15 Å². The Morgan fingerprint density at radius 3 is 2.62 bits per heavy atom. The Hall–Kier alpha value is -1.72. The summed E-state index contributed by atoms with van der Waals surface area (Å²) in [6, 6.07) is 8.93. The summed E-state index contributed by atoms with van der Waals surface area (Å²) in [4.78, 5) is 5.73. The molecule has 1 unspecified atom stereocenters. The van der Waals surface area contributed by atoms with Crippen LogP contribution in [0.1, 0.15) is 56.1 Å². The molecule has 0 spiro atoms. The fourth-order valence-corrected chi connectivity index (χ4v) is 3.63. The number of hydrogen-bond acceptors (Lipinski definition) is 5. The molecule has 142 valence electrons. The molecule has 4 nitrogen and oxygen atoms in total. The van der Waals surface area contributed by atoms with Gasteiger partial charge in [0, 0.05) is 24.8 Å². The van der Waals surface area contributed by atoms with Gasteiger partial charge in [0.2, 0.25) is 0 Å². The number of benzene rings is 1. The molecule has 0 saturated carbocycles. The minimum absolute atomic E-state index is 0.274. The SMILES string of the molecule is C=C(C)OCCC.Cc1ccc(SN2CCc3nc(C)oc3C2C)cc1. The fraction of sp³-hybridized carbons (Fsp3) is 0.476. The zero-order valence-corrected chi connectivity index (χ0v) is 17.4. The first-order valence-electron chi connectivity index (χ1n) is 9.16. The van der Waals surface area contributed by atoms with Crippen molar-refractivity contribution < 1.29 is 9.15 Å². The van der Waals surface area contributed by atoms with Gasteiger partial charge in [0.15, 0.2) is 5.89 Å². The van der Waals surface area contributed by atoms with Crippen molar-refractivity contribution in [1.82, 2.24) is 9.29 Å². The van der Waals surface area contributed by atoms with Crippen molar-refractivity contribution in [1.29, 1.82) is 0 Å². The first-order chi connectivity index (χ1) is 12.4. The van der Waals surface area contributed by atoms with Gasteiger partial charge in [-0.05, 0) is 51.3 Å². The van der Waals surface area contributed by atoms with Crippen LogP contribution in [0.15, 0.2) is 45.9 Å². The van der Waals surface area contributed by atoms with Crippen LogP contribution in [-0.2, 0) is 11.2 Å². The van der Waals surface area contributed by atoms with Crippen molar-refractivity contribution in [2.45, 2.75) is 58.4 Å². The number of aryl methyl sites for hydroxylation is 2. The minimum atomic E-state index is 0.274. The summed E-state index contributed by atoms with van der Waals surface area (Å²) in [7, 11) is 0. The minimum Gasteiger partial charge on any atom is -0.499 e. The molecule has 26 heavy (non-hydrogen) atoms. The van der Waals surface area contributed by atoms with Gasteiger partial charge in [-0.1, -0.05) is 31.2 Å². The summed E-state index contributed by atoms with van der Waals surface area (Å²) in [6.45, 7) is 15.5. The maximum absolute atomic E-state index is 5.74. The third-order valence-corrected chi connectivity index (χ3v) is 5.23. The van der Waals surface area contributed by atoms with Crippen molar-refractivity contribution in [3.05, 3.63) is 59.5 Å². The molecule has 0 fully saturated rings. The molecule has 1 aliphatic rings. The van der Waals surface area contributed by atoms with Crippen LogP contribution < -0.4 is 0 Å².